The molecule has 0 aliphatic carbocycles. The maximum atomic E-state index is 14.2. The number of nitrogens with zero attached hydrogens (tertiary/aromatic N) is 3. The van der Waals surface area contributed by atoms with Crippen molar-refractivity contribution < 1.29 is 55.0 Å². The molecule has 0 radical (unpaired) electrons. The monoisotopic (exact) mass is 741 g/mol. The fourth-order valence-corrected chi connectivity index (χ4v) is 5.94. The van der Waals surface area contributed by atoms with Crippen molar-refractivity contribution >= 4 is 29.5 Å². The Hall–Kier alpha value is -4.83. The summed E-state index contributed by atoms with van der Waals surface area (Å²) in [5, 5.41) is 10.7. The van der Waals surface area contributed by atoms with Gasteiger partial charge < -0.3 is 25.0 Å². The van der Waals surface area contributed by atoms with E-state index in [4.69, 9.17) is 9.47 Å². The molecule has 2 aromatic carbocycles. The minimum absolute atomic E-state index is 0.0434. The van der Waals surface area contributed by atoms with Gasteiger partial charge in [0, 0.05) is 38.5 Å². The number of fused-ring (bicyclic) bond motifs is 1. The lowest BCUT2D eigenvalue weighted by Crippen LogP contribution is -2.60. The number of hydrogen-bond acceptors (Lipinski definition) is 7. The van der Waals surface area contributed by atoms with E-state index in [0.29, 0.717) is 17.8 Å². The Balaban J connectivity index is 1.61. The number of alkyl halides is 6. The molecule has 284 valence electrons. The Labute approximate surface area is 296 Å². The van der Waals surface area contributed by atoms with Gasteiger partial charge >= 0.3 is 18.4 Å². The molecule has 2 N–H and O–H groups in total. The third-order valence-corrected chi connectivity index (χ3v) is 8.48. The highest BCUT2D eigenvalue weighted by molar-refractivity contribution is 6.13. The first kappa shape index (κ1) is 39.9. The fourth-order valence-electron chi connectivity index (χ4n) is 5.94. The predicted octanol–water partition coefficient (Wildman–Crippen LogP) is 5.57. The van der Waals surface area contributed by atoms with Gasteiger partial charge in [-0.05, 0) is 64.8 Å². The first-order valence-electron chi connectivity index (χ1n) is 16.3. The average Bonchev–Trinajstić information content (AvgIpc) is 3.26. The number of benzene rings is 2. The minimum atomic E-state index is -5.12. The summed E-state index contributed by atoms with van der Waals surface area (Å²) in [4.78, 5) is 55.2. The number of nitrogens with one attached hydrogen (secondary N) is 2. The van der Waals surface area contributed by atoms with E-state index in [-0.39, 0.29) is 37.9 Å². The Kier molecular flexibility index (Phi) is 11.3. The molecule has 2 atom stereocenters. The highest BCUT2D eigenvalue weighted by Gasteiger charge is 2.54. The van der Waals surface area contributed by atoms with Crippen LogP contribution in [0.3, 0.4) is 0 Å². The van der Waals surface area contributed by atoms with Crippen molar-refractivity contribution in [2.24, 2.45) is 10.5 Å². The van der Waals surface area contributed by atoms with Crippen LogP contribution in [0.1, 0.15) is 64.2 Å². The molecule has 2 heterocycles. The lowest BCUT2D eigenvalue weighted by Gasteiger charge is -2.41. The number of hydrazone groups is 1. The van der Waals surface area contributed by atoms with Gasteiger partial charge in [-0.15, -0.1) is 0 Å². The molecule has 52 heavy (non-hydrogen) atoms. The molecule has 0 unspecified atom stereocenters. The number of likely N-dealkylation sites (tertiary alicyclic amines) is 1. The van der Waals surface area contributed by atoms with Crippen molar-refractivity contribution in [3.63, 3.8) is 0 Å². The van der Waals surface area contributed by atoms with Crippen LogP contribution in [0.15, 0.2) is 53.6 Å². The smallest absolute Gasteiger partial charge is 0.416 e. The van der Waals surface area contributed by atoms with Gasteiger partial charge in [0.1, 0.15) is 17.2 Å². The van der Waals surface area contributed by atoms with Crippen LogP contribution in [0.4, 0.5) is 31.1 Å². The first-order chi connectivity index (χ1) is 23.9. The third-order valence-electron chi connectivity index (χ3n) is 8.48. The first-order valence-corrected chi connectivity index (χ1v) is 16.3. The fraction of sp³-hybridized carbons (Fsp3) is 0.514. The highest BCUT2D eigenvalue weighted by Crippen LogP contribution is 2.40. The predicted molar refractivity (Wildman–Crippen MR) is 176 cm³/mol. The number of rotatable bonds is 10. The summed E-state index contributed by atoms with van der Waals surface area (Å²) in [6.07, 6.45) is -11.2. The summed E-state index contributed by atoms with van der Waals surface area (Å²) in [7, 11) is 1.50. The van der Waals surface area contributed by atoms with Crippen molar-refractivity contribution in [1.29, 1.82) is 0 Å². The van der Waals surface area contributed by atoms with Crippen molar-refractivity contribution in [2.45, 2.75) is 83.4 Å². The number of amides is 4. The van der Waals surface area contributed by atoms with E-state index in [0.717, 1.165) is 5.56 Å². The minimum Gasteiger partial charge on any atom is -0.493 e. The van der Waals surface area contributed by atoms with E-state index in [1.54, 1.807) is 32.9 Å². The Morgan fingerprint density at radius 1 is 0.942 bits per heavy atom. The molecule has 0 saturated carbocycles. The molecule has 1 saturated heterocycles. The van der Waals surface area contributed by atoms with Gasteiger partial charge in [0.25, 0.3) is 11.8 Å². The van der Waals surface area contributed by atoms with Crippen molar-refractivity contribution in [3.05, 3.63) is 65.2 Å². The average molecular weight is 742 g/mol. The molecule has 4 rings (SSSR count). The standard InChI is InChI=1S/C35H41F6N5O6/c1-31(2,3)43-30(50)52-32(4,5)28(48)42-25(13-15-51-24-17-22(34(36,37)38)16-23(18-24)35(39,40)41)27(47)46-14-12-26-33(20-46,29(49)45(6)44-26)19-21-10-8-7-9-11-21/h7-11,16-18,25H,12-15,19-20H2,1-6H3,(H,42,48)(H,43,50)/t25-,33-/m1/s1. The summed E-state index contributed by atoms with van der Waals surface area (Å²) in [6.45, 7) is 6.94. The number of ether oxygens (including phenoxy) is 2. The molecular weight excluding hydrogens is 700 g/mol. The van der Waals surface area contributed by atoms with Crippen LogP contribution in [-0.4, -0.2) is 83.4 Å². The zero-order valence-corrected chi connectivity index (χ0v) is 29.5. The van der Waals surface area contributed by atoms with Gasteiger partial charge in [-0.2, -0.15) is 31.4 Å². The zero-order valence-electron chi connectivity index (χ0n) is 29.5. The van der Waals surface area contributed by atoms with Crippen molar-refractivity contribution in [1.82, 2.24) is 20.5 Å². The lowest BCUT2D eigenvalue weighted by atomic mass is 9.73. The number of alkyl carbamates (subject to hydrolysis) is 1. The lowest BCUT2D eigenvalue weighted by molar-refractivity contribution is -0.145. The molecule has 0 spiro atoms. The van der Waals surface area contributed by atoms with E-state index < -0.39 is 82.8 Å². The third kappa shape index (κ3) is 9.53. The van der Waals surface area contributed by atoms with Crippen LogP contribution in [0.5, 0.6) is 5.75 Å². The molecule has 2 aliphatic heterocycles. The summed E-state index contributed by atoms with van der Waals surface area (Å²) >= 11 is 0. The molecule has 1 fully saturated rings. The quantitative estimate of drug-likeness (QED) is 0.307. The molecule has 11 nitrogen and oxygen atoms in total. The number of carbonyl (C=O) groups excluding carboxylic acids is 4. The Bertz CT molecular complexity index is 1670. The van der Waals surface area contributed by atoms with Crippen LogP contribution in [0.2, 0.25) is 0 Å². The number of hydrogen-bond donors (Lipinski definition) is 2. The van der Waals surface area contributed by atoms with Gasteiger partial charge in [0.2, 0.25) is 5.91 Å². The van der Waals surface area contributed by atoms with Crippen LogP contribution in [0.25, 0.3) is 0 Å². The zero-order chi connectivity index (χ0) is 38.9. The van der Waals surface area contributed by atoms with Crippen LogP contribution < -0.4 is 15.4 Å². The van der Waals surface area contributed by atoms with E-state index >= 15 is 0 Å². The number of halogens is 6. The van der Waals surface area contributed by atoms with Gasteiger partial charge in [-0.3, -0.25) is 14.4 Å². The molecule has 4 amide bonds. The Morgan fingerprint density at radius 3 is 2.10 bits per heavy atom. The second-order valence-corrected chi connectivity index (χ2v) is 14.3. The second-order valence-electron chi connectivity index (χ2n) is 14.3. The van der Waals surface area contributed by atoms with Gasteiger partial charge in [0.05, 0.1) is 23.4 Å². The van der Waals surface area contributed by atoms with E-state index in [9.17, 15) is 45.5 Å². The highest BCUT2D eigenvalue weighted by atomic mass is 19.4. The van der Waals surface area contributed by atoms with E-state index in [1.165, 1.54) is 30.8 Å². The summed E-state index contributed by atoms with van der Waals surface area (Å²) < 4.78 is 91.4. The molecule has 0 aromatic heterocycles. The SMILES string of the molecule is CN1N=C2CCN(C(=O)[C@@H](CCOc3cc(C(F)(F)F)cc(C(F)(F)F)c3)NC(=O)C(C)(C)OC(=O)NC(C)(C)C)C[C@@]2(Cc2ccccc2)C1=O. The maximum Gasteiger partial charge on any atom is 0.416 e. The van der Waals surface area contributed by atoms with Crippen molar-refractivity contribution in [2.75, 3.05) is 26.7 Å². The maximum absolute atomic E-state index is 14.2. The molecule has 2 aromatic rings. The molecular formula is C35H41F6N5O6. The Morgan fingerprint density at radius 2 is 1.54 bits per heavy atom. The number of piperidine rings is 1. The van der Waals surface area contributed by atoms with Gasteiger partial charge in [0.15, 0.2) is 5.60 Å². The topological polar surface area (TPSA) is 130 Å². The summed E-state index contributed by atoms with van der Waals surface area (Å²) in [5.41, 5.74) is -5.60. The molecule has 17 heteroatoms. The van der Waals surface area contributed by atoms with Gasteiger partial charge in [-0.25, -0.2) is 9.80 Å². The summed E-state index contributed by atoms with van der Waals surface area (Å²) in [6, 6.07) is 8.35. The second kappa shape index (κ2) is 14.7. The molecule has 2 aliphatic rings. The number of carbonyl (C=O) groups is 4. The van der Waals surface area contributed by atoms with E-state index in [1.807, 2.05) is 18.2 Å². The molecule has 0 bridgehead atoms. The largest absolute Gasteiger partial charge is 0.493 e. The van der Waals surface area contributed by atoms with Crippen LogP contribution >= 0.6 is 0 Å². The summed E-state index contributed by atoms with van der Waals surface area (Å²) in [5.74, 6) is -2.75. The van der Waals surface area contributed by atoms with Crippen LogP contribution in [-0.2, 0) is 37.9 Å². The normalized spacial score (nSPS) is 18.7. The van der Waals surface area contributed by atoms with Gasteiger partial charge in [-0.1, -0.05) is 30.3 Å². The van der Waals surface area contributed by atoms with Crippen molar-refractivity contribution in [3.8, 4) is 5.75 Å². The van der Waals surface area contributed by atoms with Crippen LogP contribution in [0, 0.1) is 5.41 Å². The van der Waals surface area contributed by atoms with E-state index in [2.05, 4.69) is 15.7 Å².